The van der Waals surface area contributed by atoms with Crippen LogP contribution >= 0.6 is 0 Å². The molecule has 0 aliphatic carbocycles. The van der Waals surface area contributed by atoms with Crippen molar-refractivity contribution < 1.29 is 19.1 Å². The normalized spacial score (nSPS) is 16.5. The Hall–Kier alpha value is -2.54. The smallest absolute Gasteiger partial charge is 0.295 e. The van der Waals surface area contributed by atoms with Gasteiger partial charge < -0.3 is 24.9 Å². The Morgan fingerprint density at radius 1 is 1.30 bits per heavy atom. The van der Waals surface area contributed by atoms with Gasteiger partial charge in [-0.25, -0.2) is 0 Å². The van der Waals surface area contributed by atoms with E-state index in [1.165, 1.54) is 12.8 Å². The number of fused-ring (bicyclic) bond motifs is 1. The van der Waals surface area contributed by atoms with Crippen LogP contribution in [0.2, 0.25) is 0 Å². The summed E-state index contributed by atoms with van der Waals surface area (Å²) >= 11 is 0. The van der Waals surface area contributed by atoms with Gasteiger partial charge in [0.2, 0.25) is 0 Å². The van der Waals surface area contributed by atoms with E-state index in [2.05, 4.69) is 22.5 Å². The van der Waals surface area contributed by atoms with E-state index >= 15 is 0 Å². The highest BCUT2D eigenvalue weighted by Crippen LogP contribution is 2.34. The molecule has 1 aromatic carbocycles. The Morgan fingerprint density at radius 3 is 2.89 bits per heavy atom. The van der Waals surface area contributed by atoms with Crippen molar-refractivity contribution in [2.24, 2.45) is 0 Å². The molecule has 1 aliphatic rings. The van der Waals surface area contributed by atoms with Gasteiger partial charge in [0.15, 0.2) is 5.69 Å². The van der Waals surface area contributed by atoms with Gasteiger partial charge in [-0.2, -0.15) is 4.98 Å². The third kappa shape index (κ3) is 5.01. The lowest BCUT2D eigenvalue weighted by atomic mass is 9.93. The van der Waals surface area contributed by atoms with E-state index in [0.717, 1.165) is 18.6 Å². The Kier molecular flexibility index (Phi) is 6.70. The first-order valence-electron chi connectivity index (χ1n) is 9.58. The Labute approximate surface area is 159 Å². The zero-order valence-corrected chi connectivity index (χ0v) is 15.7. The summed E-state index contributed by atoms with van der Waals surface area (Å²) in [4.78, 5) is 16.6. The Bertz CT molecular complexity index is 742. The second-order valence-corrected chi connectivity index (χ2v) is 6.67. The number of ether oxygens (including phenoxy) is 1. The van der Waals surface area contributed by atoms with Crippen LogP contribution in [0.5, 0.6) is 5.75 Å². The number of hydrogen-bond donors (Lipinski definition) is 3. The van der Waals surface area contributed by atoms with Gasteiger partial charge >= 0.3 is 0 Å². The summed E-state index contributed by atoms with van der Waals surface area (Å²) in [6.07, 6.45) is 4.12. The van der Waals surface area contributed by atoms with Crippen molar-refractivity contribution in [3.63, 3.8) is 0 Å². The molecule has 1 atom stereocenters. The zero-order valence-electron chi connectivity index (χ0n) is 15.7. The predicted molar refractivity (Wildman–Crippen MR) is 102 cm³/mol. The molecule has 0 bridgehead atoms. The number of hydrogen-bond acceptors (Lipinski definition) is 6. The number of benzene rings is 1. The molecule has 2 heterocycles. The fourth-order valence-electron chi connectivity index (χ4n) is 3.16. The molecule has 1 aromatic heterocycles. The number of aromatic nitrogens is 1. The van der Waals surface area contributed by atoms with E-state index in [4.69, 9.17) is 9.15 Å². The number of nitrogens with one attached hydrogen (secondary N) is 2. The molecule has 0 fully saturated rings. The third-order valence-corrected chi connectivity index (χ3v) is 4.61. The van der Waals surface area contributed by atoms with E-state index in [9.17, 15) is 9.90 Å². The monoisotopic (exact) mass is 373 g/mol. The molecular weight excluding hydrogens is 346 g/mol. The summed E-state index contributed by atoms with van der Waals surface area (Å²) in [5.41, 5.74) is 1.30. The highest BCUT2D eigenvalue weighted by Gasteiger charge is 2.30. The van der Waals surface area contributed by atoms with Gasteiger partial charge in [-0.05, 0) is 30.5 Å². The highest BCUT2D eigenvalue weighted by atomic mass is 16.5. The second kappa shape index (κ2) is 9.41. The topological polar surface area (TPSA) is 96.6 Å². The van der Waals surface area contributed by atoms with Crippen molar-refractivity contribution in [2.75, 3.05) is 31.6 Å². The average Bonchev–Trinajstić information content (AvgIpc) is 3.03. The molecule has 0 spiro atoms. The molecule has 1 aliphatic heterocycles. The predicted octanol–water partition coefficient (Wildman–Crippen LogP) is 3.26. The molecule has 0 radical (unpaired) electrons. The van der Waals surface area contributed by atoms with Crippen molar-refractivity contribution in [3.8, 4) is 5.75 Å². The Morgan fingerprint density at radius 2 is 2.11 bits per heavy atom. The molecule has 3 N–H and O–H groups in total. The number of unbranched alkanes of at least 4 members (excludes halogenated alkanes) is 2. The summed E-state index contributed by atoms with van der Waals surface area (Å²) in [7, 11) is 0. The van der Waals surface area contributed by atoms with Gasteiger partial charge in [0.05, 0.1) is 6.61 Å². The van der Waals surface area contributed by atoms with Crippen LogP contribution in [0.15, 0.2) is 28.7 Å². The van der Waals surface area contributed by atoms with Gasteiger partial charge in [0.25, 0.3) is 11.9 Å². The van der Waals surface area contributed by atoms with Crippen molar-refractivity contribution in [3.05, 3.63) is 41.3 Å². The summed E-state index contributed by atoms with van der Waals surface area (Å²) in [5, 5.41) is 15.5. The molecule has 0 saturated carbocycles. The van der Waals surface area contributed by atoms with Gasteiger partial charge in [-0.15, -0.1) is 0 Å². The average molecular weight is 373 g/mol. The number of oxazole rings is 1. The van der Waals surface area contributed by atoms with Crippen LogP contribution in [-0.4, -0.2) is 42.3 Å². The van der Waals surface area contributed by atoms with E-state index in [-0.39, 0.29) is 17.6 Å². The first-order chi connectivity index (χ1) is 13.2. The van der Waals surface area contributed by atoms with Gasteiger partial charge in [0.1, 0.15) is 11.5 Å². The molecular formula is C20H27N3O4. The van der Waals surface area contributed by atoms with Crippen molar-refractivity contribution in [2.45, 2.75) is 38.5 Å². The number of aromatic hydroxyl groups is 1. The van der Waals surface area contributed by atoms with E-state index in [1.807, 2.05) is 12.1 Å². The molecule has 7 heteroatoms. The molecule has 146 valence electrons. The standard InChI is InChI=1S/C20H27N3O4/c1-2-3-4-12-26-13-11-22-20-23-17-18(27-20)16(9-10-21-19(17)25)14-5-7-15(24)8-6-14/h5-8,16,24H,2-4,9-13H2,1H3,(H,21,25)(H,22,23). The fourth-order valence-corrected chi connectivity index (χ4v) is 3.16. The van der Waals surface area contributed by atoms with Crippen LogP contribution < -0.4 is 10.6 Å². The third-order valence-electron chi connectivity index (χ3n) is 4.61. The minimum absolute atomic E-state index is 0.0899. The first-order valence-corrected chi connectivity index (χ1v) is 9.58. The van der Waals surface area contributed by atoms with Crippen LogP contribution in [0.25, 0.3) is 0 Å². The number of amides is 1. The van der Waals surface area contributed by atoms with E-state index in [0.29, 0.717) is 43.6 Å². The lowest BCUT2D eigenvalue weighted by molar-refractivity contribution is 0.0951. The largest absolute Gasteiger partial charge is 0.508 e. The number of nitrogens with zero attached hydrogens (tertiary/aromatic N) is 1. The van der Waals surface area contributed by atoms with Gasteiger partial charge in [0, 0.05) is 25.6 Å². The molecule has 3 rings (SSSR count). The number of carbonyl (C=O) groups is 1. The molecule has 1 amide bonds. The number of phenols is 1. The van der Waals surface area contributed by atoms with Crippen molar-refractivity contribution >= 4 is 11.9 Å². The van der Waals surface area contributed by atoms with E-state index < -0.39 is 0 Å². The van der Waals surface area contributed by atoms with Crippen molar-refractivity contribution in [1.82, 2.24) is 10.3 Å². The summed E-state index contributed by atoms with van der Waals surface area (Å²) in [6.45, 7) is 4.59. The van der Waals surface area contributed by atoms with Gasteiger partial charge in [-0.1, -0.05) is 31.9 Å². The molecule has 1 unspecified atom stereocenters. The van der Waals surface area contributed by atoms with Crippen LogP contribution in [0, 0.1) is 0 Å². The Balaban J connectivity index is 1.66. The number of rotatable bonds is 9. The lowest BCUT2D eigenvalue weighted by Gasteiger charge is -2.13. The maximum absolute atomic E-state index is 12.3. The molecule has 27 heavy (non-hydrogen) atoms. The number of anilines is 1. The van der Waals surface area contributed by atoms with Crippen LogP contribution in [0.4, 0.5) is 6.01 Å². The van der Waals surface area contributed by atoms with Gasteiger partial charge in [-0.3, -0.25) is 4.79 Å². The maximum Gasteiger partial charge on any atom is 0.295 e. The molecule has 0 saturated heterocycles. The highest BCUT2D eigenvalue weighted by molar-refractivity contribution is 5.94. The number of phenolic OH excluding ortho intramolecular Hbond substituents is 1. The summed E-state index contributed by atoms with van der Waals surface area (Å²) in [6, 6.07) is 7.30. The second-order valence-electron chi connectivity index (χ2n) is 6.67. The lowest BCUT2D eigenvalue weighted by Crippen LogP contribution is -2.23. The number of carbonyl (C=O) groups excluding carboxylic acids is 1. The van der Waals surface area contributed by atoms with Crippen LogP contribution in [-0.2, 0) is 4.74 Å². The van der Waals surface area contributed by atoms with E-state index in [1.54, 1.807) is 12.1 Å². The fraction of sp³-hybridized carbons (Fsp3) is 0.500. The summed E-state index contributed by atoms with van der Waals surface area (Å²) < 4.78 is 11.5. The van der Waals surface area contributed by atoms with Crippen LogP contribution in [0.3, 0.4) is 0 Å². The SMILES string of the molecule is CCCCCOCCNc1nc2c(o1)C(c1ccc(O)cc1)CCNC2=O. The minimum Gasteiger partial charge on any atom is -0.508 e. The first kappa shape index (κ1) is 19.2. The van der Waals surface area contributed by atoms with Crippen molar-refractivity contribution in [1.29, 1.82) is 0 Å². The quantitative estimate of drug-likeness (QED) is 0.584. The summed E-state index contributed by atoms with van der Waals surface area (Å²) in [5.74, 6) is 0.453. The van der Waals surface area contributed by atoms with Crippen LogP contribution in [0.1, 0.15) is 60.3 Å². The zero-order chi connectivity index (χ0) is 19.1. The minimum atomic E-state index is -0.223. The maximum atomic E-state index is 12.3. The molecule has 2 aromatic rings. The molecule has 7 nitrogen and oxygen atoms in total.